The summed E-state index contributed by atoms with van der Waals surface area (Å²) < 4.78 is 18.6. The van der Waals surface area contributed by atoms with Crippen molar-refractivity contribution in [3.8, 4) is 11.5 Å². The average Bonchev–Trinajstić information content (AvgIpc) is 3.26. The van der Waals surface area contributed by atoms with Gasteiger partial charge < -0.3 is 14.6 Å². The first kappa shape index (κ1) is 18.4. The van der Waals surface area contributed by atoms with E-state index in [4.69, 9.17) is 16.0 Å². The summed E-state index contributed by atoms with van der Waals surface area (Å²) in [6.07, 6.45) is 3.23. The summed E-state index contributed by atoms with van der Waals surface area (Å²) in [6.45, 7) is 1.34. The van der Waals surface area contributed by atoms with Crippen LogP contribution in [0.25, 0.3) is 11.5 Å². The van der Waals surface area contributed by atoms with Gasteiger partial charge in [-0.25, -0.2) is 4.39 Å². The Kier molecular flexibility index (Phi) is 5.25. The van der Waals surface area contributed by atoms with Crippen LogP contribution in [0.3, 0.4) is 0 Å². The van der Waals surface area contributed by atoms with E-state index in [1.54, 1.807) is 12.3 Å². The van der Waals surface area contributed by atoms with Crippen molar-refractivity contribution in [2.45, 2.75) is 12.8 Å². The summed E-state index contributed by atoms with van der Waals surface area (Å²) in [4.78, 5) is 14.7. The van der Waals surface area contributed by atoms with Gasteiger partial charge in [-0.1, -0.05) is 11.6 Å². The lowest BCUT2D eigenvalue weighted by atomic mass is 9.97. The van der Waals surface area contributed by atoms with Crippen LogP contribution in [0.5, 0.6) is 0 Å². The van der Waals surface area contributed by atoms with E-state index < -0.39 is 5.82 Å². The van der Waals surface area contributed by atoms with E-state index >= 15 is 0 Å². The van der Waals surface area contributed by atoms with Crippen molar-refractivity contribution in [2.75, 3.05) is 23.3 Å². The summed E-state index contributed by atoms with van der Waals surface area (Å²) in [5, 5.41) is 11.3. The van der Waals surface area contributed by atoms with Gasteiger partial charge in [0.25, 0.3) is 0 Å². The molecular formula is C20H18ClFN4O2. The molecular weight excluding hydrogens is 383 g/mol. The molecule has 6 nitrogen and oxygen atoms in total. The Hall–Kier alpha value is -2.93. The van der Waals surface area contributed by atoms with Crippen molar-refractivity contribution in [1.29, 1.82) is 0 Å². The van der Waals surface area contributed by atoms with Gasteiger partial charge in [-0.2, -0.15) is 0 Å². The molecule has 8 heteroatoms. The number of piperidine rings is 1. The van der Waals surface area contributed by atoms with Gasteiger partial charge in [-0.15, -0.1) is 10.2 Å². The van der Waals surface area contributed by atoms with Crippen molar-refractivity contribution in [3.05, 3.63) is 59.6 Å². The molecule has 1 atom stereocenters. The molecule has 0 bridgehead atoms. The van der Waals surface area contributed by atoms with Crippen LogP contribution in [0.4, 0.5) is 15.9 Å². The van der Waals surface area contributed by atoms with E-state index in [-0.39, 0.29) is 16.8 Å². The quantitative estimate of drug-likeness (QED) is 0.703. The van der Waals surface area contributed by atoms with Crippen LogP contribution in [-0.2, 0) is 4.79 Å². The Bertz CT molecular complexity index is 963. The third kappa shape index (κ3) is 3.99. The fourth-order valence-electron chi connectivity index (χ4n) is 3.27. The molecule has 2 aromatic heterocycles. The van der Waals surface area contributed by atoms with Crippen molar-refractivity contribution in [1.82, 2.24) is 10.2 Å². The van der Waals surface area contributed by atoms with Crippen LogP contribution in [0.1, 0.15) is 12.8 Å². The highest BCUT2D eigenvalue weighted by Crippen LogP contribution is 2.25. The van der Waals surface area contributed by atoms with Crippen LogP contribution < -0.4 is 10.2 Å². The summed E-state index contributed by atoms with van der Waals surface area (Å²) >= 11 is 5.78. The number of nitrogens with zero attached hydrogens (tertiary/aromatic N) is 3. The van der Waals surface area contributed by atoms with Crippen molar-refractivity contribution in [2.24, 2.45) is 5.92 Å². The number of anilines is 2. The number of hydrogen-bond donors (Lipinski definition) is 1. The predicted molar refractivity (Wildman–Crippen MR) is 105 cm³/mol. The molecule has 28 heavy (non-hydrogen) atoms. The standard InChI is InChI=1S/C20H18ClFN4O2/c21-15-11-14(5-6-16(15)22)23-20(27)13-3-1-9-26(12-13)19-8-7-17(24-25-19)18-4-2-10-28-18/h2,4-8,10-11,13H,1,3,9,12H2,(H,23,27). The molecule has 1 aromatic carbocycles. The summed E-state index contributed by atoms with van der Waals surface area (Å²) in [5.74, 6) is 0.544. The molecule has 1 N–H and O–H groups in total. The van der Waals surface area contributed by atoms with Crippen LogP contribution in [0, 0.1) is 11.7 Å². The monoisotopic (exact) mass is 400 g/mol. The molecule has 0 radical (unpaired) electrons. The minimum Gasteiger partial charge on any atom is -0.463 e. The Morgan fingerprint density at radius 2 is 2.14 bits per heavy atom. The Balaban J connectivity index is 1.42. The molecule has 0 aliphatic carbocycles. The highest BCUT2D eigenvalue weighted by atomic mass is 35.5. The molecule has 1 aliphatic heterocycles. The molecule has 3 aromatic rings. The number of carbonyl (C=O) groups is 1. The van der Waals surface area contributed by atoms with Gasteiger partial charge in [-0.05, 0) is 55.3 Å². The van der Waals surface area contributed by atoms with Crippen molar-refractivity contribution >= 4 is 29.0 Å². The topological polar surface area (TPSA) is 71.3 Å². The summed E-state index contributed by atoms with van der Waals surface area (Å²) in [7, 11) is 0. The van der Waals surface area contributed by atoms with Gasteiger partial charge in [0.15, 0.2) is 11.6 Å². The first-order valence-electron chi connectivity index (χ1n) is 8.98. The SMILES string of the molecule is O=C(Nc1ccc(F)c(Cl)c1)C1CCCN(c2ccc(-c3ccco3)nn2)C1. The number of nitrogens with one attached hydrogen (secondary N) is 1. The lowest BCUT2D eigenvalue weighted by Crippen LogP contribution is -2.41. The summed E-state index contributed by atoms with van der Waals surface area (Å²) in [5.41, 5.74) is 1.14. The Morgan fingerprint density at radius 1 is 1.25 bits per heavy atom. The number of halogens is 2. The second-order valence-corrected chi connectivity index (χ2v) is 7.06. The van der Waals surface area contributed by atoms with Crippen LogP contribution >= 0.6 is 11.6 Å². The van der Waals surface area contributed by atoms with Crippen molar-refractivity contribution in [3.63, 3.8) is 0 Å². The largest absolute Gasteiger partial charge is 0.463 e. The maximum Gasteiger partial charge on any atom is 0.229 e. The predicted octanol–water partition coefficient (Wildman–Crippen LogP) is 4.38. The van der Waals surface area contributed by atoms with Crippen molar-refractivity contribution < 1.29 is 13.6 Å². The van der Waals surface area contributed by atoms with Gasteiger partial charge in [0.2, 0.25) is 5.91 Å². The number of aromatic nitrogens is 2. The van der Waals surface area contributed by atoms with Crippen LogP contribution in [0.2, 0.25) is 5.02 Å². The fraction of sp³-hybridized carbons (Fsp3) is 0.250. The summed E-state index contributed by atoms with van der Waals surface area (Å²) in [6, 6.07) is 11.5. The lowest BCUT2D eigenvalue weighted by Gasteiger charge is -2.32. The first-order valence-corrected chi connectivity index (χ1v) is 9.36. The highest BCUT2D eigenvalue weighted by Gasteiger charge is 2.27. The maximum atomic E-state index is 13.3. The first-order chi connectivity index (χ1) is 13.6. The zero-order valence-corrected chi connectivity index (χ0v) is 15.7. The van der Waals surface area contributed by atoms with Gasteiger partial charge in [0.1, 0.15) is 11.5 Å². The zero-order chi connectivity index (χ0) is 19.5. The third-order valence-electron chi connectivity index (χ3n) is 4.73. The van der Waals surface area contributed by atoms with E-state index in [1.807, 2.05) is 23.1 Å². The maximum absolute atomic E-state index is 13.3. The molecule has 1 saturated heterocycles. The lowest BCUT2D eigenvalue weighted by molar-refractivity contribution is -0.120. The number of amides is 1. The smallest absolute Gasteiger partial charge is 0.229 e. The molecule has 1 unspecified atom stereocenters. The number of furan rings is 1. The second kappa shape index (κ2) is 7.98. The highest BCUT2D eigenvalue weighted by molar-refractivity contribution is 6.31. The van der Waals surface area contributed by atoms with E-state index in [1.165, 1.54) is 18.2 Å². The van der Waals surface area contributed by atoms with Gasteiger partial charge in [0, 0.05) is 18.8 Å². The van der Waals surface area contributed by atoms with E-state index in [0.717, 1.165) is 25.2 Å². The van der Waals surface area contributed by atoms with Crippen LogP contribution in [0.15, 0.2) is 53.1 Å². The molecule has 4 rings (SSSR count). The van der Waals surface area contributed by atoms with E-state index in [9.17, 15) is 9.18 Å². The van der Waals surface area contributed by atoms with E-state index in [2.05, 4.69) is 15.5 Å². The minimum atomic E-state index is -0.514. The number of rotatable bonds is 4. The number of carbonyl (C=O) groups excluding carboxylic acids is 1. The molecule has 1 amide bonds. The van der Waals surface area contributed by atoms with Gasteiger partial charge >= 0.3 is 0 Å². The molecule has 1 aliphatic rings. The molecule has 3 heterocycles. The Labute approximate surface area is 166 Å². The zero-order valence-electron chi connectivity index (χ0n) is 14.9. The minimum absolute atomic E-state index is 0.0185. The van der Waals surface area contributed by atoms with Crippen LogP contribution in [-0.4, -0.2) is 29.2 Å². The average molecular weight is 401 g/mol. The third-order valence-corrected chi connectivity index (χ3v) is 5.02. The molecule has 1 fully saturated rings. The Morgan fingerprint density at radius 3 is 2.86 bits per heavy atom. The number of benzene rings is 1. The molecule has 0 saturated carbocycles. The fourth-order valence-corrected chi connectivity index (χ4v) is 3.45. The second-order valence-electron chi connectivity index (χ2n) is 6.66. The van der Waals surface area contributed by atoms with Gasteiger partial charge in [0.05, 0.1) is 17.2 Å². The van der Waals surface area contributed by atoms with E-state index in [0.29, 0.717) is 23.7 Å². The molecule has 144 valence electrons. The number of hydrogen-bond acceptors (Lipinski definition) is 5. The normalized spacial score (nSPS) is 16.8. The van der Waals surface area contributed by atoms with Gasteiger partial charge in [-0.3, -0.25) is 4.79 Å². The molecule has 0 spiro atoms.